The van der Waals surface area contributed by atoms with Gasteiger partial charge in [0.15, 0.2) is 5.69 Å². The third-order valence-corrected chi connectivity index (χ3v) is 3.70. The highest BCUT2D eigenvalue weighted by Crippen LogP contribution is 2.36. The summed E-state index contributed by atoms with van der Waals surface area (Å²) in [5.41, 5.74) is 1.31. The number of benzene rings is 1. The molecule has 1 aromatic carbocycles. The molecule has 0 unspecified atom stereocenters. The third-order valence-electron chi connectivity index (χ3n) is 3.70. The molecule has 1 amide bonds. The Morgan fingerprint density at radius 1 is 1.50 bits per heavy atom. The zero-order valence-electron chi connectivity index (χ0n) is 11.2. The molecule has 2 N–H and O–H groups in total. The van der Waals surface area contributed by atoms with Gasteiger partial charge in [-0.2, -0.15) is 0 Å². The van der Waals surface area contributed by atoms with Gasteiger partial charge in [0.05, 0.1) is 12.7 Å². The van der Waals surface area contributed by atoms with Crippen LogP contribution in [0.15, 0.2) is 30.5 Å². The summed E-state index contributed by atoms with van der Waals surface area (Å²) in [6, 6.07) is 7.79. The van der Waals surface area contributed by atoms with Crippen molar-refractivity contribution in [1.82, 2.24) is 20.3 Å². The maximum Gasteiger partial charge on any atom is 0.273 e. The van der Waals surface area contributed by atoms with Crippen LogP contribution < -0.4 is 5.32 Å². The summed E-state index contributed by atoms with van der Waals surface area (Å²) in [7, 11) is 1.70. The lowest BCUT2D eigenvalue weighted by Gasteiger charge is -2.24. The average Bonchev–Trinajstić information content (AvgIpc) is 3.02. The summed E-state index contributed by atoms with van der Waals surface area (Å²) in [4.78, 5) is 11.9. The SMILES string of the molecule is Cn1cc(C(=O)NC[C@@]2(O)CCc3ccccc32)nn1. The Morgan fingerprint density at radius 2 is 2.30 bits per heavy atom. The van der Waals surface area contributed by atoms with Crippen molar-refractivity contribution in [2.45, 2.75) is 18.4 Å². The summed E-state index contributed by atoms with van der Waals surface area (Å²) in [6.07, 6.45) is 2.99. The maximum atomic E-state index is 11.9. The van der Waals surface area contributed by atoms with E-state index >= 15 is 0 Å². The second-order valence-corrected chi connectivity index (χ2v) is 5.15. The zero-order valence-corrected chi connectivity index (χ0v) is 11.2. The van der Waals surface area contributed by atoms with Gasteiger partial charge in [-0.25, -0.2) is 0 Å². The molecule has 0 spiro atoms. The third kappa shape index (κ3) is 2.18. The second kappa shape index (κ2) is 4.72. The monoisotopic (exact) mass is 272 g/mol. The highest BCUT2D eigenvalue weighted by molar-refractivity contribution is 5.91. The van der Waals surface area contributed by atoms with Gasteiger partial charge in [0, 0.05) is 7.05 Å². The van der Waals surface area contributed by atoms with Crippen LogP contribution in [-0.2, 0) is 19.1 Å². The van der Waals surface area contributed by atoms with Gasteiger partial charge < -0.3 is 10.4 Å². The highest BCUT2D eigenvalue weighted by Gasteiger charge is 2.36. The van der Waals surface area contributed by atoms with Crippen LogP contribution in [0, 0.1) is 0 Å². The number of amides is 1. The molecule has 3 rings (SSSR count). The number of fused-ring (bicyclic) bond motifs is 1. The number of aromatic nitrogens is 3. The van der Waals surface area contributed by atoms with Crippen molar-refractivity contribution in [3.8, 4) is 0 Å². The van der Waals surface area contributed by atoms with E-state index in [0.29, 0.717) is 6.42 Å². The van der Waals surface area contributed by atoms with E-state index in [-0.39, 0.29) is 18.1 Å². The fraction of sp³-hybridized carbons (Fsp3) is 0.357. The van der Waals surface area contributed by atoms with Crippen LogP contribution in [0.3, 0.4) is 0 Å². The van der Waals surface area contributed by atoms with E-state index in [4.69, 9.17) is 0 Å². The Hall–Kier alpha value is -2.21. The molecule has 0 fully saturated rings. The first kappa shape index (κ1) is 12.8. The molecule has 0 saturated carbocycles. The first-order chi connectivity index (χ1) is 9.58. The van der Waals surface area contributed by atoms with Crippen molar-refractivity contribution in [1.29, 1.82) is 0 Å². The molecule has 1 aliphatic carbocycles. The summed E-state index contributed by atoms with van der Waals surface area (Å²) >= 11 is 0. The number of rotatable bonds is 3. The minimum Gasteiger partial charge on any atom is -0.383 e. The van der Waals surface area contributed by atoms with Crippen molar-refractivity contribution >= 4 is 5.91 Å². The summed E-state index contributed by atoms with van der Waals surface area (Å²) < 4.78 is 1.47. The van der Waals surface area contributed by atoms with Gasteiger partial charge >= 0.3 is 0 Å². The number of carbonyl (C=O) groups excluding carboxylic acids is 1. The van der Waals surface area contributed by atoms with Crippen molar-refractivity contribution in [3.05, 3.63) is 47.3 Å². The first-order valence-electron chi connectivity index (χ1n) is 6.54. The van der Waals surface area contributed by atoms with E-state index in [9.17, 15) is 9.90 Å². The molecule has 104 valence electrons. The van der Waals surface area contributed by atoms with E-state index in [1.54, 1.807) is 13.2 Å². The van der Waals surface area contributed by atoms with Crippen molar-refractivity contribution in [2.24, 2.45) is 7.05 Å². The molecule has 1 aliphatic rings. The van der Waals surface area contributed by atoms with Crippen LogP contribution in [0.5, 0.6) is 0 Å². The van der Waals surface area contributed by atoms with Crippen molar-refractivity contribution < 1.29 is 9.90 Å². The predicted octanol–water partition coefficient (Wildman–Crippen LogP) is 0.379. The quantitative estimate of drug-likeness (QED) is 0.846. The largest absolute Gasteiger partial charge is 0.383 e. The Balaban J connectivity index is 1.71. The van der Waals surface area contributed by atoms with Crippen LogP contribution >= 0.6 is 0 Å². The minimum absolute atomic E-state index is 0.180. The Bertz CT molecular complexity index is 652. The van der Waals surface area contributed by atoms with E-state index in [0.717, 1.165) is 17.5 Å². The molecule has 0 radical (unpaired) electrons. The number of nitrogens with one attached hydrogen (secondary N) is 1. The molecule has 20 heavy (non-hydrogen) atoms. The molecule has 6 heteroatoms. The van der Waals surface area contributed by atoms with Gasteiger partial charge in [0.2, 0.25) is 0 Å². The molecule has 0 saturated heterocycles. The van der Waals surface area contributed by atoms with Gasteiger partial charge in [-0.05, 0) is 24.0 Å². The maximum absolute atomic E-state index is 11.9. The van der Waals surface area contributed by atoms with E-state index in [2.05, 4.69) is 15.6 Å². The summed E-state index contributed by atoms with van der Waals surface area (Å²) in [6.45, 7) is 0.180. The molecule has 2 aromatic rings. The number of carbonyl (C=O) groups is 1. The number of hydrogen-bond donors (Lipinski definition) is 2. The second-order valence-electron chi connectivity index (χ2n) is 5.15. The molecular weight excluding hydrogens is 256 g/mol. The van der Waals surface area contributed by atoms with Gasteiger partial charge in [-0.15, -0.1) is 5.10 Å². The lowest BCUT2D eigenvalue weighted by atomic mass is 9.96. The number of hydrogen-bond acceptors (Lipinski definition) is 4. The lowest BCUT2D eigenvalue weighted by Crippen LogP contribution is -2.39. The summed E-state index contributed by atoms with van der Waals surface area (Å²) in [5, 5.41) is 20.9. The van der Waals surface area contributed by atoms with Crippen LogP contribution in [0.2, 0.25) is 0 Å². The predicted molar refractivity (Wildman–Crippen MR) is 72.0 cm³/mol. The van der Waals surface area contributed by atoms with Crippen molar-refractivity contribution in [3.63, 3.8) is 0 Å². The zero-order chi connectivity index (χ0) is 14.2. The van der Waals surface area contributed by atoms with Gasteiger partial charge in [0.1, 0.15) is 5.60 Å². The molecular formula is C14H16N4O2. The Morgan fingerprint density at radius 3 is 3.05 bits per heavy atom. The number of nitrogens with zero attached hydrogens (tertiary/aromatic N) is 3. The van der Waals surface area contributed by atoms with Crippen LogP contribution in [0.4, 0.5) is 0 Å². The normalized spacial score (nSPS) is 20.7. The van der Waals surface area contributed by atoms with Crippen molar-refractivity contribution in [2.75, 3.05) is 6.54 Å². The Kier molecular flexibility index (Phi) is 3.02. The van der Waals surface area contributed by atoms with Crippen LogP contribution in [-0.4, -0.2) is 32.6 Å². The van der Waals surface area contributed by atoms with E-state index in [1.165, 1.54) is 4.68 Å². The highest BCUT2D eigenvalue weighted by atomic mass is 16.3. The molecule has 0 aliphatic heterocycles. The minimum atomic E-state index is -0.992. The van der Waals surface area contributed by atoms with E-state index < -0.39 is 5.60 Å². The molecule has 1 aromatic heterocycles. The number of aliphatic hydroxyl groups is 1. The van der Waals surface area contributed by atoms with E-state index in [1.807, 2.05) is 24.3 Å². The molecule has 0 bridgehead atoms. The first-order valence-corrected chi connectivity index (χ1v) is 6.54. The van der Waals surface area contributed by atoms with Gasteiger partial charge in [-0.3, -0.25) is 9.48 Å². The van der Waals surface area contributed by atoms with Gasteiger partial charge in [-0.1, -0.05) is 29.5 Å². The smallest absolute Gasteiger partial charge is 0.273 e. The molecule has 1 heterocycles. The Labute approximate surface area is 116 Å². The van der Waals surface area contributed by atoms with Crippen LogP contribution in [0.1, 0.15) is 28.0 Å². The topological polar surface area (TPSA) is 80.0 Å². The standard InChI is InChI=1S/C14H16N4O2/c1-18-8-12(16-17-18)13(19)15-9-14(20)7-6-10-4-2-3-5-11(10)14/h2-5,8,20H,6-7,9H2,1H3,(H,15,19)/t14-/m0/s1. The van der Waals surface area contributed by atoms with Crippen LogP contribution in [0.25, 0.3) is 0 Å². The number of aryl methyl sites for hydroxylation is 2. The fourth-order valence-corrected chi connectivity index (χ4v) is 2.62. The average molecular weight is 272 g/mol. The molecule has 6 nitrogen and oxygen atoms in total. The molecule has 1 atom stereocenters. The summed E-state index contributed by atoms with van der Waals surface area (Å²) in [5.74, 6) is -0.323. The van der Waals surface area contributed by atoms with Gasteiger partial charge in [0.25, 0.3) is 5.91 Å². The lowest BCUT2D eigenvalue weighted by molar-refractivity contribution is 0.0368. The fourth-order valence-electron chi connectivity index (χ4n) is 2.62.